The summed E-state index contributed by atoms with van der Waals surface area (Å²) in [6, 6.07) is 5.45. The summed E-state index contributed by atoms with van der Waals surface area (Å²) in [5, 5.41) is 5.04. The molecule has 0 radical (unpaired) electrons. The standard InChI is InChI=1S/C11H10BrFN2S/c1-7(10-3-2-4-16-10)15-11-9(13)5-8(12)6-14-11/h2-7H,1H3,(H,14,15). The van der Waals surface area contributed by atoms with Crippen LogP contribution in [0.25, 0.3) is 0 Å². The molecule has 1 N–H and O–H groups in total. The van der Waals surface area contributed by atoms with Crippen LogP contribution in [0.4, 0.5) is 10.2 Å². The smallest absolute Gasteiger partial charge is 0.166 e. The van der Waals surface area contributed by atoms with E-state index in [9.17, 15) is 4.39 Å². The fourth-order valence-corrected chi connectivity index (χ4v) is 2.37. The second kappa shape index (κ2) is 4.93. The number of hydrogen-bond acceptors (Lipinski definition) is 3. The summed E-state index contributed by atoms with van der Waals surface area (Å²) < 4.78 is 14.1. The summed E-state index contributed by atoms with van der Waals surface area (Å²) in [6.45, 7) is 1.98. The molecule has 2 aromatic rings. The quantitative estimate of drug-likeness (QED) is 0.918. The normalized spacial score (nSPS) is 12.4. The molecule has 1 atom stereocenters. The molecule has 5 heteroatoms. The van der Waals surface area contributed by atoms with E-state index in [2.05, 4.69) is 26.2 Å². The van der Waals surface area contributed by atoms with E-state index in [0.717, 1.165) is 4.88 Å². The lowest BCUT2D eigenvalue weighted by Gasteiger charge is -2.13. The Hall–Kier alpha value is -0.940. The van der Waals surface area contributed by atoms with Crippen LogP contribution in [-0.2, 0) is 0 Å². The Labute approximate surface area is 106 Å². The Balaban J connectivity index is 2.15. The van der Waals surface area contributed by atoms with E-state index in [4.69, 9.17) is 0 Å². The topological polar surface area (TPSA) is 24.9 Å². The summed E-state index contributed by atoms with van der Waals surface area (Å²) in [6.07, 6.45) is 1.58. The van der Waals surface area contributed by atoms with Crippen molar-refractivity contribution < 1.29 is 4.39 Å². The fraction of sp³-hybridized carbons (Fsp3) is 0.182. The van der Waals surface area contributed by atoms with Crippen molar-refractivity contribution in [2.45, 2.75) is 13.0 Å². The van der Waals surface area contributed by atoms with Gasteiger partial charge in [0.15, 0.2) is 11.6 Å². The highest BCUT2D eigenvalue weighted by Gasteiger charge is 2.10. The van der Waals surface area contributed by atoms with Crippen molar-refractivity contribution in [1.82, 2.24) is 4.98 Å². The molecule has 2 aromatic heterocycles. The van der Waals surface area contributed by atoms with E-state index in [1.54, 1.807) is 17.5 Å². The zero-order valence-electron chi connectivity index (χ0n) is 8.58. The van der Waals surface area contributed by atoms with Gasteiger partial charge in [0, 0.05) is 15.5 Å². The molecule has 0 amide bonds. The van der Waals surface area contributed by atoms with Crippen LogP contribution in [0.3, 0.4) is 0 Å². The maximum atomic E-state index is 13.5. The summed E-state index contributed by atoms with van der Waals surface area (Å²) >= 11 is 4.81. The van der Waals surface area contributed by atoms with Crippen LogP contribution >= 0.6 is 27.3 Å². The van der Waals surface area contributed by atoms with E-state index in [0.29, 0.717) is 4.47 Å². The molecule has 0 aromatic carbocycles. The summed E-state index contributed by atoms with van der Waals surface area (Å²) in [7, 11) is 0. The van der Waals surface area contributed by atoms with Gasteiger partial charge in [-0.05, 0) is 40.4 Å². The molecule has 0 spiro atoms. The van der Waals surface area contributed by atoms with Gasteiger partial charge in [-0.3, -0.25) is 0 Å². The Bertz CT molecular complexity index is 473. The van der Waals surface area contributed by atoms with Gasteiger partial charge in [0.2, 0.25) is 0 Å². The third kappa shape index (κ3) is 2.59. The minimum absolute atomic E-state index is 0.0585. The van der Waals surface area contributed by atoms with Crippen molar-refractivity contribution in [2.24, 2.45) is 0 Å². The van der Waals surface area contributed by atoms with Gasteiger partial charge >= 0.3 is 0 Å². The molecule has 0 fully saturated rings. The van der Waals surface area contributed by atoms with Gasteiger partial charge in [-0.2, -0.15) is 0 Å². The van der Waals surface area contributed by atoms with E-state index in [-0.39, 0.29) is 17.7 Å². The predicted octanol–water partition coefficient (Wildman–Crippen LogP) is 4.22. The first-order valence-corrected chi connectivity index (χ1v) is 6.45. The third-order valence-electron chi connectivity index (χ3n) is 2.13. The first-order chi connectivity index (χ1) is 7.66. The van der Waals surface area contributed by atoms with Crippen LogP contribution in [0, 0.1) is 5.82 Å². The van der Waals surface area contributed by atoms with Gasteiger partial charge in [0.05, 0.1) is 6.04 Å². The first kappa shape index (κ1) is 11.5. The second-order valence-corrected chi connectivity index (χ2v) is 5.26. The van der Waals surface area contributed by atoms with Crippen LogP contribution in [0.2, 0.25) is 0 Å². The third-order valence-corrected chi connectivity index (χ3v) is 3.62. The Kier molecular flexibility index (Phi) is 3.56. The summed E-state index contributed by atoms with van der Waals surface area (Å²) in [4.78, 5) is 5.16. The Morgan fingerprint density at radius 2 is 2.38 bits per heavy atom. The van der Waals surface area contributed by atoms with Gasteiger partial charge in [-0.25, -0.2) is 9.37 Å². The molecular formula is C11H10BrFN2S. The number of thiophene rings is 1. The first-order valence-electron chi connectivity index (χ1n) is 4.78. The highest BCUT2D eigenvalue weighted by atomic mass is 79.9. The number of anilines is 1. The minimum Gasteiger partial charge on any atom is -0.360 e. The number of hydrogen-bond donors (Lipinski definition) is 1. The van der Waals surface area contributed by atoms with E-state index < -0.39 is 0 Å². The maximum absolute atomic E-state index is 13.5. The van der Waals surface area contributed by atoms with Crippen molar-refractivity contribution in [3.05, 3.63) is 44.9 Å². The largest absolute Gasteiger partial charge is 0.360 e. The Morgan fingerprint density at radius 3 is 3.00 bits per heavy atom. The van der Waals surface area contributed by atoms with Crippen LogP contribution < -0.4 is 5.32 Å². The number of pyridine rings is 1. The number of rotatable bonds is 3. The lowest BCUT2D eigenvalue weighted by Crippen LogP contribution is -2.07. The van der Waals surface area contributed by atoms with Gasteiger partial charge in [0.25, 0.3) is 0 Å². The van der Waals surface area contributed by atoms with E-state index >= 15 is 0 Å². The zero-order valence-corrected chi connectivity index (χ0v) is 11.0. The highest BCUT2D eigenvalue weighted by Crippen LogP contribution is 2.24. The van der Waals surface area contributed by atoms with Crippen molar-refractivity contribution in [2.75, 3.05) is 5.32 Å². The highest BCUT2D eigenvalue weighted by molar-refractivity contribution is 9.10. The molecule has 0 saturated heterocycles. The molecule has 2 heterocycles. The molecule has 16 heavy (non-hydrogen) atoms. The molecule has 2 rings (SSSR count). The number of aromatic nitrogens is 1. The predicted molar refractivity (Wildman–Crippen MR) is 68.3 cm³/mol. The van der Waals surface area contributed by atoms with Crippen LogP contribution in [-0.4, -0.2) is 4.98 Å². The molecular weight excluding hydrogens is 291 g/mol. The molecule has 0 saturated carbocycles. The summed E-state index contributed by atoms with van der Waals surface area (Å²) in [5.41, 5.74) is 0. The van der Waals surface area contributed by atoms with Gasteiger partial charge in [0.1, 0.15) is 0 Å². The molecule has 1 unspecified atom stereocenters. The van der Waals surface area contributed by atoms with Crippen LogP contribution in [0.15, 0.2) is 34.2 Å². The average Bonchev–Trinajstić information content (AvgIpc) is 2.75. The Morgan fingerprint density at radius 1 is 1.56 bits per heavy atom. The molecule has 84 valence electrons. The van der Waals surface area contributed by atoms with Crippen molar-refractivity contribution in [3.8, 4) is 0 Å². The monoisotopic (exact) mass is 300 g/mol. The van der Waals surface area contributed by atoms with Gasteiger partial charge in [-0.15, -0.1) is 11.3 Å². The number of nitrogens with one attached hydrogen (secondary N) is 1. The maximum Gasteiger partial charge on any atom is 0.166 e. The molecule has 0 aliphatic carbocycles. The fourth-order valence-electron chi connectivity index (χ4n) is 1.33. The second-order valence-electron chi connectivity index (χ2n) is 3.37. The number of nitrogens with zero attached hydrogens (tertiary/aromatic N) is 1. The van der Waals surface area contributed by atoms with Crippen LogP contribution in [0.5, 0.6) is 0 Å². The SMILES string of the molecule is CC(Nc1ncc(Br)cc1F)c1cccs1. The van der Waals surface area contributed by atoms with Crippen molar-refractivity contribution in [3.63, 3.8) is 0 Å². The van der Waals surface area contributed by atoms with Gasteiger partial charge in [-0.1, -0.05) is 6.07 Å². The molecule has 0 bridgehead atoms. The minimum atomic E-state index is -0.349. The van der Waals surface area contributed by atoms with E-state index in [1.807, 2.05) is 24.4 Å². The van der Waals surface area contributed by atoms with Crippen LogP contribution in [0.1, 0.15) is 17.8 Å². The van der Waals surface area contributed by atoms with E-state index in [1.165, 1.54) is 6.07 Å². The number of halogens is 2. The van der Waals surface area contributed by atoms with Crippen molar-refractivity contribution in [1.29, 1.82) is 0 Å². The molecule has 2 nitrogen and oxygen atoms in total. The zero-order chi connectivity index (χ0) is 11.5. The molecule has 0 aliphatic heterocycles. The summed E-state index contributed by atoms with van der Waals surface area (Å²) in [5.74, 6) is -0.0677. The lowest BCUT2D eigenvalue weighted by molar-refractivity contribution is 0.620. The molecule has 0 aliphatic rings. The lowest BCUT2D eigenvalue weighted by atomic mass is 10.2. The van der Waals surface area contributed by atoms with Gasteiger partial charge < -0.3 is 5.32 Å². The van der Waals surface area contributed by atoms with Crippen molar-refractivity contribution >= 4 is 33.1 Å². The average molecular weight is 301 g/mol.